The maximum absolute atomic E-state index is 10.7. The van der Waals surface area contributed by atoms with Gasteiger partial charge in [0, 0.05) is 12.1 Å². The largest absolute Gasteiger partial charge is 0.269 e. The highest BCUT2D eigenvalue weighted by Gasteiger charge is 2.45. The molecular formula is C13H14N2O2. The average molecular weight is 230 g/mol. The van der Waals surface area contributed by atoms with Crippen LogP contribution in [0.4, 0.5) is 5.69 Å². The van der Waals surface area contributed by atoms with E-state index in [9.17, 15) is 15.4 Å². The van der Waals surface area contributed by atoms with Gasteiger partial charge in [-0.1, -0.05) is 25.5 Å². The highest BCUT2D eigenvalue weighted by molar-refractivity contribution is 5.43. The van der Waals surface area contributed by atoms with Crippen molar-refractivity contribution in [1.29, 1.82) is 5.26 Å². The van der Waals surface area contributed by atoms with E-state index in [0.717, 1.165) is 24.8 Å². The number of hydrogen-bond donors (Lipinski definition) is 0. The Labute approximate surface area is 100 Å². The zero-order valence-electron chi connectivity index (χ0n) is 9.72. The predicted molar refractivity (Wildman–Crippen MR) is 63.4 cm³/mol. The predicted octanol–water partition coefficient (Wildman–Crippen LogP) is 3.18. The minimum absolute atomic E-state index is 0.0667. The zero-order chi connectivity index (χ0) is 12.5. The third kappa shape index (κ3) is 1.89. The lowest BCUT2D eigenvalue weighted by Crippen LogP contribution is -2.39. The second-order valence-electron chi connectivity index (χ2n) is 4.68. The van der Waals surface area contributed by atoms with E-state index in [1.807, 2.05) is 6.07 Å². The molecule has 0 bridgehead atoms. The molecule has 1 aromatic carbocycles. The summed E-state index contributed by atoms with van der Waals surface area (Å²) in [5, 5.41) is 20.0. The molecule has 1 aliphatic rings. The van der Waals surface area contributed by atoms with Gasteiger partial charge in [-0.25, -0.2) is 0 Å². The minimum atomic E-state index is -0.493. The Morgan fingerprint density at radius 1 is 1.59 bits per heavy atom. The van der Waals surface area contributed by atoms with Crippen LogP contribution in [0.1, 0.15) is 31.7 Å². The summed E-state index contributed by atoms with van der Waals surface area (Å²) in [6.45, 7) is 2.11. The molecule has 0 spiro atoms. The molecule has 1 fully saturated rings. The highest BCUT2D eigenvalue weighted by atomic mass is 16.6. The topological polar surface area (TPSA) is 66.9 Å². The van der Waals surface area contributed by atoms with E-state index in [0.29, 0.717) is 5.92 Å². The van der Waals surface area contributed by atoms with Gasteiger partial charge < -0.3 is 0 Å². The van der Waals surface area contributed by atoms with Gasteiger partial charge >= 0.3 is 0 Å². The van der Waals surface area contributed by atoms with Gasteiger partial charge in [0.1, 0.15) is 0 Å². The molecule has 0 radical (unpaired) electrons. The quantitative estimate of drug-likeness (QED) is 0.591. The summed E-state index contributed by atoms with van der Waals surface area (Å²) in [5.41, 5.74) is 0.364. The standard InChI is InChI=1S/C13H14N2O2/c1-2-10-7-13(8-10,9-14)11-4-3-5-12(6-11)15(16)17/h3-6,10H,2,7-8H2,1H3. The molecule has 0 saturated heterocycles. The van der Waals surface area contributed by atoms with Crippen molar-refractivity contribution in [3.8, 4) is 6.07 Å². The molecule has 0 aromatic heterocycles. The van der Waals surface area contributed by atoms with E-state index in [-0.39, 0.29) is 5.69 Å². The van der Waals surface area contributed by atoms with E-state index < -0.39 is 10.3 Å². The molecule has 2 rings (SSSR count). The molecule has 4 nitrogen and oxygen atoms in total. The van der Waals surface area contributed by atoms with Crippen LogP contribution < -0.4 is 0 Å². The molecule has 0 aliphatic heterocycles. The summed E-state index contributed by atoms with van der Waals surface area (Å²) in [6, 6.07) is 8.82. The maximum atomic E-state index is 10.7. The molecule has 4 heteroatoms. The van der Waals surface area contributed by atoms with Gasteiger partial charge in [0.15, 0.2) is 0 Å². The number of hydrogen-bond acceptors (Lipinski definition) is 3. The SMILES string of the molecule is CCC1CC(C#N)(c2cccc([N+](=O)[O-])c2)C1. The van der Waals surface area contributed by atoms with Crippen LogP contribution in [0.5, 0.6) is 0 Å². The number of nitro groups is 1. The Morgan fingerprint density at radius 2 is 2.29 bits per heavy atom. The van der Waals surface area contributed by atoms with Crippen LogP contribution in [0.3, 0.4) is 0 Å². The second-order valence-corrected chi connectivity index (χ2v) is 4.68. The first-order valence-corrected chi connectivity index (χ1v) is 5.77. The lowest BCUT2D eigenvalue weighted by Gasteiger charge is -2.42. The normalized spacial score (nSPS) is 26.9. The summed E-state index contributed by atoms with van der Waals surface area (Å²) in [5.74, 6) is 0.578. The van der Waals surface area contributed by atoms with Gasteiger partial charge in [-0.15, -0.1) is 0 Å². The van der Waals surface area contributed by atoms with E-state index in [2.05, 4.69) is 13.0 Å². The van der Waals surface area contributed by atoms with Crippen molar-refractivity contribution in [3.05, 3.63) is 39.9 Å². The Balaban J connectivity index is 2.31. The van der Waals surface area contributed by atoms with E-state index in [1.54, 1.807) is 6.07 Å². The van der Waals surface area contributed by atoms with Crippen LogP contribution in [0.15, 0.2) is 24.3 Å². The van der Waals surface area contributed by atoms with E-state index >= 15 is 0 Å². The van der Waals surface area contributed by atoms with Crippen molar-refractivity contribution < 1.29 is 4.92 Å². The number of nitro benzene ring substituents is 1. The third-order valence-electron chi connectivity index (χ3n) is 3.68. The number of rotatable bonds is 3. The van der Waals surface area contributed by atoms with Crippen molar-refractivity contribution in [1.82, 2.24) is 0 Å². The molecule has 0 N–H and O–H groups in total. The third-order valence-corrected chi connectivity index (χ3v) is 3.68. The van der Waals surface area contributed by atoms with Crippen molar-refractivity contribution in [2.45, 2.75) is 31.6 Å². The number of nitriles is 1. The molecule has 0 amide bonds. The number of non-ortho nitro benzene ring substituents is 1. The fourth-order valence-corrected chi connectivity index (χ4v) is 2.52. The Kier molecular flexibility index (Phi) is 2.84. The second kappa shape index (κ2) is 4.17. The number of nitrogens with zero attached hydrogens (tertiary/aromatic N) is 2. The molecule has 1 saturated carbocycles. The maximum Gasteiger partial charge on any atom is 0.269 e. The fourth-order valence-electron chi connectivity index (χ4n) is 2.52. The Hall–Kier alpha value is -1.89. The summed E-state index contributed by atoms with van der Waals surface area (Å²) >= 11 is 0. The molecule has 17 heavy (non-hydrogen) atoms. The first-order chi connectivity index (χ1) is 8.11. The van der Waals surface area contributed by atoms with E-state index in [1.165, 1.54) is 12.1 Å². The Morgan fingerprint density at radius 3 is 2.82 bits per heavy atom. The summed E-state index contributed by atoms with van der Waals surface area (Å²) in [7, 11) is 0. The Bertz CT molecular complexity index is 484. The molecule has 0 atom stereocenters. The van der Waals surface area contributed by atoms with Crippen molar-refractivity contribution in [2.75, 3.05) is 0 Å². The van der Waals surface area contributed by atoms with Gasteiger partial charge in [0.05, 0.1) is 16.4 Å². The first kappa shape index (κ1) is 11.6. The van der Waals surface area contributed by atoms with Crippen LogP contribution in [0, 0.1) is 27.4 Å². The number of benzene rings is 1. The summed E-state index contributed by atoms with van der Waals surface area (Å²) < 4.78 is 0. The molecule has 88 valence electrons. The highest BCUT2D eigenvalue weighted by Crippen LogP contribution is 2.49. The lowest BCUT2D eigenvalue weighted by molar-refractivity contribution is -0.385. The van der Waals surface area contributed by atoms with Gasteiger partial charge in [0.2, 0.25) is 0 Å². The van der Waals surface area contributed by atoms with Crippen LogP contribution >= 0.6 is 0 Å². The average Bonchev–Trinajstić information content (AvgIpc) is 2.29. The molecule has 1 aromatic rings. The van der Waals surface area contributed by atoms with Crippen molar-refractivity contribution in [2.24, 2.45) is 5.92 Å². The van der Waals surface area contributed by atoms with Crippen LogP contribution in [0.25, 0.3) is 0 Å². The monoisotopic (exact) mass is 230 g/mol. The van der Waals surface area contributed by atoms with Crippen molar-refractivity contribution in [3.63, 3.8) is 0 Å². The molecular weight excluding hydrogens is 216 g/mol. The van der Waals surface area contributed by atoms with Crippen LogP contribution in [-0.2, 0) is 5.41 Å². The van der Waals surface area contributed by atoms with Crippen LogP contribution in [-0.4, -0.2) is 4.92 Å². The molecule has 0 heterocycles. The fraction of sp³-hybridized carbons (Fsp3) is 0.462. The van der Waals surface area contributed by atoms with Gasteiger partial charge in [-0.2, -0.15) is 5.26 Å². The molecule has 1 aliphatic carbocycles. The molecule has 0 unspecified atom stereocenters. The summed E-state index contributed by atoms with van der Waals surface area (Å²) in [6.07, 6.45) is 2.71. The zero-order valence-corrected chi connectivity index (χ0v) is 9.72. The first-order valence-electron chi connectivity index (χ1n) is 5.77. The van der Waals surface area contributed by atoms with Crippen LogP contribution in [0.2, 0.25) is 0 Å². The van der Waals surface area contributed by atoms with Crippen molar-refractivity contribution >= 4 is 5.69 Å². The lowest BCUT2D eigenvalue weighted by atomic mass is 9.59. The van der Waals surface area contributed by atoms with Gasteiger partial charge in [-0.3, -0.25) is 10.1 Å². The van der Waals surface area contributed by atoms with Gasteiger partial charge in [-0.05, 0) is 24.3 Å². The minimum Gasteiger partial charge on any atom is -0.258 e. The van der Waals surface area contributed by atoms with E-state index in [4.69, 9.17) is 0 Å². The summed E-state index contributed by atoms with van der Waals surface area (Å²) in [4.78, 5) is 10.3. The van der Waals surface area contributed by atoms with Gasteiger partial charge in [0.25, 0.3) is 5.69 Å². The smallest absolute Gasteiger partial charge is 0.258 e.